The number of rotatable bonds is 12. The molecule has 0 atom stereocenters. The first kappa shape index (κ1) is 40.7. The molecule has 3 rings (SSSR count). The van der Waals surface area contributed by atoms with Crippen LogP contribution in [0.4, 0.5) is 30.8 Å². The lowest BCUT2D eigenvalue weighted by Gasteiger charge is -2.11. The van der Waals surface area contributed by atoms with E-state index in [0.29, 0.717) is 18.0 Å². The molecular formula is C24H27Cl2F3N7O10P. The molecule has 0 saturated heterocycles. The number of aromatic carboxylic acids is 1. The monoisotopic (exact) mass is 731 g/mol. The third kappa shape index (κ3) is 15.7. The molecule has 3 aromatic rings. The normalized spacial score (nSPS) is 10.8. The fourth-order valence-electron chi connectivity index (χ4n) is 2.93. The number of carboxylic acid groups (broad SMARTS) is 2. The number of nitro benzene ring substituents is 1. The van der Waals surface area contributed by atoms with Crippen LogP contribution in [0.5, 0.6) is 11.5 Å². The number of carboxylic acids is 2. The van der Waals surface area contributed by atoms with Crippen molar-refractivity contribution in [3.05, 3.63) is 67.9 Å². The second-order valence-electron chi connectivity index (χ2n) is 8.44. The summed E-state index contributed by atoms with van der Waals surface area (Å²) in [4.78, 5) is 58.9. The fraction of sp³-hybridized carbons (Fsp3) is 0.292. The van der Waals surface area contributed by atoms with E-state index in [1.165, 1.54) is 0 Å². The van der Waals surface area contributed by atoms with Crippen LogP contribution in [0.3, 0.4) is 0 Å². The molecule has 258 valence electrons. The second kappa shape index (κ2) is 18.7. The van der Waals surface area contributed by atoms with Crippen molar-refractivity contribution in [1.29, 1.82) is 0 Å². The fourth-order valence-corrected chi connectivity index (χ4v) is 3.71. The summed E-state index contributed by atoms with van der Waals surface area (Å²) in [5.74, 6) is -1.98. The van der Waals surface area contributed by atoms with Crippen molar-refractivity contribution < 1.29 is 57.0 Å². The Morgan fingerprint density at radius 1 is 1.00 bits per heavy atom. The predicted molar refractivity (Wildman–Crippen MR) is 162 cm³/mol. The minimum absolute atomic E-state index is 0.125. The number of benzene rings is 2. The van der Waals surface area contributed by atoms with Crippen molar-refractivity contribution in [1.82, 2.24) is 20.3 Å². The maximum absolute atomic E-state index is 12.6. The van der Waals surface area contributed by atoms with Crippen molar-refractivity contribution in [2.24, 2.45) is 0 Å². The van der Waals surface area contributed by atoms with Gasteiger partial charge in [0.25, 0.3) is 5.69 Å². The van der Waals surface area contributed by atoms with E-state index >= 15 is 0 Å². The van der Waals surface area contributed by atoms with E-state index in [4.69, 9.17) is 47.9 Å². The molecule has 0 radical (unpaired) electrons. The van der Waals surface area contributed by atoms with Gasteiger partial charge < -0.3 is 35.4 Å². The van der Waals surface area contributed by atoms with E-state index in [1.54, 1.807) is 0 Å². The van der Waals surface area contributed by atoms with E-state index in [1.807, 2.05) is 13.8 Å². The van der Waals surface area contributed by atoms with Crippen molar-refractivity contribution in [2.45, 2.75) is 20.0 Å². The molecule has 7 N–H and O–H groups in total. The first-order valence-electron chi connectivity index (χ1n) is 12.7. The third-order valence-electron chi connectivity index (χ3n) is 4.75. The molecule has 2 aromatic carbocycles. The lowest BCUT2D eigenvalue weighted by atomic mass is 10.1. The van der Waals surface area contributed by atoms with Crippen LogP contribution in [0.15, 0.2) is 36.4 Å². The largest absolute Gasteiger partial charge is 0.480 e. The van der Waals surface area contributed by atoms with Crippen molar-refractivity contribution >= 4 is 60.3 Å². The standard InChI is InChI=1S/C14H7ClF3NO5.C7H12ClN5.C3H8NO5P/c15-10-5-7(14(16,17)18)1-4-12(10)24-8-2-3-11(19(22)23)9(6-8)13(20)21;1-3-9-6-11-5(8)12-7(13-6)10-4-2;5-3(6)1-4-2-10(7,8)9/h1-6H,(H,20,21);3-4H2,1-2H3,(H2,9,10,11,12,13);4H,1-2H2,(H,5,6)(H2,7,8,9). The molecule has 0 saturated carbocycles. The Morgan fingerprint density at radius 3 is 2.00 bits per heavy atom. The Hall–Kier alpha value is -4.33. The van der Waals surface area contributed by atoms with Gasteiger partial charge in [0, 0.05) is 25.2 Å². The molecular weight excluding hydrogens is 705 g/mol. The molecule has 0 aliphatic heterocycles. The summed E-state index contributed by atoms with van der Waals surface area (Å²) < 4.78 is 52.9. The van der Waals surface area contributed by atoms with Gasteiger partial charge in [0.15, 0.2) is 0 Å². The van der Waals surface area contributed by atoms with E-state index in [-0.39, 0.29) is 21.8 Å². The van der Waals surface area contributed by atoms with E-state index < -0.39 is 60.3 Å². The molecule has 0 aliphatic carbocycles. The molecule has 23 heteroatoms. The number of ether oxygens (including phenoxy) is 1. The average Bonchev–Trinajstić information content (AvgIpc) is 2.93. The van der Waals surface area contributed by atoms with Crippen LogP contribution in [0.1, 0.15) is 29.8 Å². The Morgan fingerprint density at radius 2 is 1.57 bits per heavy atom. The predicted octanol–water partition coefficient (Wildman–Crippen LogP) is 4.94. The Balaban J connectivity index is 0.000000402. The lowest BCUT2D eigenvalue weighted by Crippen LogP contribution is -2.23. The van der Waals surface area contributed by atoms with Crippen LogP contribution >= 0.6 is 30.8 Å². The van der Waals surface area contributed by atoms with Crippen LogP contribution in [0.2, 0.25) is 10.3 Å². The van der Waals surface area contributed by atoms with Gasteiger partial charge in [-0.1, -0.05) is 11.6 Å². The van der Waals surface area contributed by atoms with Crippen molar-refractivity contribution in [3.8, 4) is 11.5 Å². The molecule has 0 amide bonds. The number of aromatic nitrogens is 3. The highest BCUT2D eigenvalue weighted by Gasteiger charge is 2.31. The van der Waals surface area contributed by atoms with E-state index in [9.17, 15) is 37.4 Å². The molecule has 1 heterocycles. The number of nitro groups is 1. The first-order chi connectivity index (χ1) is 21.8. The highest BCUT2D eigenvalue weighted by Crippen LogP contribution is 2.37. The minimum Gasteiger partial charge on any atom is -0.480 e. The smallest absolute Gasteiger partial charge is 0.416 e. The summed E-state index contributed by atoms with van der Waals surface area (Å²) >= 11 is 11.4. The molecule has 0 bridgehead atoms. The van der Waals surface area contributed by atoms with Gasteiger partial charge in [-0.3, -0.25) is 24.8 Å². The summed E-state index contributed by atoms with van der Waals surface area (Å²) in [6, 6.07) is 5.27. The number of halogens is 5. The lowest BCUT2D eigenvalue weighted by molar-refractivity contribution is -0.385. The summed E-state index contributed by atoms with van der Waals surface area (Å²) in [5.41, 5.74) is -2.25. The van der Waals surface area contributed by atoms with Gasteiger partial charge in [-0.15, -0.1) is 0 Å². The van der Waals surface area contributed by atoms with Crippen LogP contribution in [0, 0.1) is 10.1 Å². The van der Waals surface area contributed by atoms with Gasteiger partial charge in [0.2, 0.25) is 17.2 Å². The number of nitrogens with one attached hydrogen (secondary N) is 3. The number of nitrogens with zero attached hydrogens (tertiary/aromatic N) is 4. The molecule has 1 aromatic heterocycles. The van der Waals surface area contributed by atoms with Crippen molar-refractivity contribution in [2.75, 3.05) is 36.6 Å². The summed E-state index contributed by atoms with van der Waals surface area (Å²) in [7, 11) is -4.10. The molecule has 0 aliphatic rings. The number of carbonyl (C=O) groups is 2. The topological polar surface area (TPSA) is 259 Å². The zero-order valence-electron chi connectivity index (χ0n) is 24.2. The van der Waals surface area contributed by atoms with E-state index in [2.05, 4.69) is 30.9 Å². The van der Waals surface area contributed by atoms with Gasteiger partial charge in [0.1, 0.15) is 17.1 Å². The number of hydrogen-bond acceptors (Lipinski definition) is 12. The Bertz CT molecular complexity index is 1580. The van der Waals surface area contributed by atoms with E-state index in [0.717, 1.165) is 43.4 Å². The summed E-state index contributed by atoms with van der Waals surface area (Å²) in [6.07, 6.45) is -5.18. The number of aliphatic carboxylic acids is 1. The van der Waals surface area contributed by atoms with Crippen LogP contribution in [0.25, 0.3) is 0 Å². The van der Waals surface area contributed by atoms with Crippen LogP contribution in [-0.4, -0.2) is 77.7 Å². The van der Waals surface area contributed by atoms with Gasteiger partial charge in [-0.2, -0.15) is 28.1 Å². The third-order valence-corrected chi connectivity index (χ3v) is 5.85. The number of alkyl halides is 3. The highest BCUT2D eigenvalue weighted by molar-refractivity contribution is 7.51. The maximum Gasteiger partial charge on any atom is 0.416 e. The van der Waals surface area contributed by atoms with Crippen LogP contribution in [-0.2, 0) is 15.5 Å². The zero-order chi connectivity index (χ0) is 35.9. The molecule has 0 unspecified atom stereocenters. The molecule has 17 nitrogen and oxygen atoms in total. The van der Waals surface area contributed by atoms with Gasteiger partial charge in [-0.25, -0.2) is 4.79 Å². The average molecular weight is 732 g/mol. The Kier molecular flexibility index (Phi) is 16.2. The number of anilines is 2. The zero-order valence-corrected chi connectivity index (χ0v) is 26.6. The number of hydrogen-bond donors (Lipinski definition) is 7. The molecule has 0 spiro atoms. The highest BCUT2D eigenvalue weighted by atomic mass is 35.5. The summed E-state index contributed by atoms with van der Waals surface area (Å²) in [6.45, 7) is 5.00. The molecule has 47 heavy (non-hydrogen) atoms. The SMILES string of the molecule is CCNc1nc(Cl)nc(NCC)n1.O=C(O)CNCP(=O)(O)O.O=C(O)c1cc(Oc2ccc(C(F)(F)F)cc2Cl)ccc1[N+](=O)[O-]. The molecule has 0 fully saturated rings. The second-order valence-corrected chi connectivity index (χ2v) is 10.8. The summed E-state index contributed by atoms with van der Waals surface area (Å²) in [5, 5.41) is 35.6. The van der Waals surface area contributed by atoms with Gasteiger partial charge in [-0.05, 0) is 49.7 Å². The quantitative estimate of drug-likeness (QED) is 0.0739. The van der Waals surface area contributed by atoms with Gasteiger partial charge in [0.05, 0.1) is 28.3 Å². The maximum atomic E-state index is 12.6. The van der Waals surface area contributed by atoms with Crippen LogP contribution < -0.4 is 20.7 Å². The Labute approximate surface area is 273 Å². The minimum atomic E-state index is -4.58. The first-order valence-corrected chi connectivity index (χ1v) is 15.2. The van der Waals surface area contributed by atoms with Gasteiger partial charge >= 0.3 is 25.7 Å². The van der Waals surface area contributed by atoms with Crippen molar-refractivity contribution in [3.63, 3.8) is 0 Å².